The van der Waals surface area contributed by atoms with E-state index in [0.717, 1.165) is 29.7 Å². The molecule has 1 unspecified atom stereocenters. The third-order valence-electron chi connectivity index (χ3n) is 3.24. The van der Waals surface area contributed by atoms with Gasteiger partial charge in [-0.15, -0.1) is 11.6 Å². The molecule has 1 aromatic carbocycles. The third-order valence-corrected chi connectivity index (χ3v) is 3.46. The molecule has 0 radical (unpaired) electrons. The zero-order valence-electron chi connectivity index (χ0n) is 12.1. The lowest BCUT2D eigenvalue weighted by molar-refractivity contribution is -0.118. The van der Waals surface area contributed by atoms with Crippen LogP contribution in [0.3, 0.4) is 0 Å². The SMILES string of the molecule is CCc1cccc(C)c1N(C(=O)CCl)C(CC)OC. The fraction of sp³-hybridized carbons (Fsp3) is 0.533. The van der Waals surface area contributed by atoms with Gasteiger partial charge in [0.1, 0.15) is 12.1 Å². The first-order valence-corrected chi connectivity index (χ1v) is 7.13. The molecular formula is C15H22ClNO2. The Hall–Kier alpha value is -1.06. The number of halogens is 1. The van der Waals surface area contributed by atoms with Crippen LogP contribution >= 0.6 is 11.6 Å². The molecule has 0 heterocycles. The van der Waals surface area contributed by atoms with Crippen LogP contribution in [0.15, 0.2) is 18.2 Å². The van der Waals surface area contributed by atoms with Crippen molar-refractivity contribution < 1.29 is 9.53 Å². The summed E-state index contributed by atoms with van der Waals surface area (Å²) < 4.78 is 5.44. The summed E-state index contributed by atoms with van der Waals surface area (Å²) in [7, 11) is 1.62. The van der Waals surface area contributed by atoms with Crippen molar-refractivity contribution >= 4 is 23.2 Å². The van der Waals surface area contributed by atoms with Gasteiger partial charge in [0.2, 0.25) is 5.91 Å². The number of hydrogen-bond donors (Lipinski definition) is 0. The number of alkyl halides is 1. The second kappa shape index (κ2) is 7.51. The molecule has 0 fully saturated rings. The lowest BCUT2D eigenvalue weighted by Gasteiger charge is -2.32. The van der Waals surface area contributed by atoms with E-state index in [2.05, 4.69) is 6.92 Å². The van der Waals surface area contributed by atoms with Crippen molar-refractivity contribution in [1.82, 2.24) is 0 Å². The Bertz CT molecular complexity index is 430. The Balaban J connectivity index is 3.36. The number of methoxy groups -OCH3 is 1. The maximum atomic E-state index is 12.2. The molecule has 3 nitrogen and oxygen atoms in total. The molecule has 0 bridgehead atoms. The number of nitrogens with zero attached hydrogens (tertiary/aromatic N) is 1. The third kappa shape index (κ3) is 3.48. The van der Waals surface area contributed by atoms with E-state index in [9.17, 15) is 4.79 Å². The highest BCUT2D eigenvalue weighted by Gasteiger charge is 2.26. The Morgan fingerprint density at radius 2 is 2.11 bits per heavy atom. The highest BCUT2D eigenvalue weighted by molar-refractivity contribution is 6.29. The molecule has 1 amide bonds. The molecule has 0 aliphatic carbocycles. The van der Waals surface area contributed by atoms with Gasteiger partial charge in [-0.3, -0.25) is 9.69 Å². The van der Waals surface area contributed by atoms with E-state index in [4.69, 9.17) is 16.3 Å². The predicted molar refractivity (Wildman–Crippen MR) is 79.9 cm³/mol. The molecule has 0 aromatic heterocycles. The number of anilines is 1. The number of hydrogen-bond acceptors (Lipinski definition) is 2. The Morgan fingerprint density at radius 1 is 1.42 bits per heavy atom. The molecule has 1 aromatic rings. The smallest absolute Gasteiger partial charge is 0.244 e. The van der Waals surface area contributed by atoms with Crippen LogP contribution in [-0.4, -0.2) is 25.1 Å². The summed E-state index contributed by atoms with van der Waals surface area (Å²) in [6.45, 7) is 6.08. The van der Waals surface area contributed by atoms with Gasteiger partial charge < -0.3 is 4.74 Å². The number of ether oxygens (including phenoxy) is 1. The van der Waals surface area contributed by atoms with Crippen LogP contribution in [0, 0.1) is 6.92 Å². The number of aryl methyl sites for hydroxylation is 2. The van der Waals surface area contributed by atoms with Crippen molar-refractivity contribution in [2.75, 3.05) is 17.9 Å². The quantitative estimate of drug-likeness (QED) is 0.591. The molecule has 1 atom stereocenters. The Kier molecular flexibility index (Phi) is 6.32. The molecule has 106 valence electrons. The van der Waals surface area contributed by atoms with Crippen molar-refractivity contribution in [3.8, 4) is 0 Å². The van der Waals surface area contributed by atoms with Crippen LogP contribution < -0.4 is 4.90 Å². The minimum atomic E-state index is -0.280. The van der Waals surface area contributed by atoms with Gasteiger partial charge in [0, 0.05) is 7.11 Å². The Morgan fingerprint density at radius 3 is 2.58 bits per heavy atom. The number of benzene rings is 1. The summed E-state index contributed by atoms with van der Waals surface area (Å²) in [5, 5.41) is 0. The van der Waals surface area contributed by atoms with E-state index in [1.54, 1.807) is 12.0 Å². The largest absolute Gasteiger partial charge is 0.361 e. The first-order chi connectivity index (χ1) is 9.10. The van der Waals surface area contributed by atoms with Crippen molar-refractivity contribution in [2.24, 2.45) is 0 Å². The summed E-state index contributed by atoms with van der Waals surface area (Å²) in [5.74, 6) is -0.170. The van der Waals surface area contributed by atoms with Gasteiger partial charge in [-0.2, -0.15) is 0 Å². The first kappa shape index (κ1) is 16.0. The lowest BCUT2D eigenvalue weighted by atomic mass is 10.0. The molecular weight excluding hydrogens is 262 g/mol. The second-order valence-electron chi connectivity index (χ2n) is 4.43. The van der Waals surface area contributed by atoms with Crippen LogP contribution in [-0.2, 0) is 16.0 Å². The fourth-order valence-corrected chi connectivity index (χ4v) is 2.43. The number of para-hydroxylation sites is 1. The molecule has 0 saturated heterocycles. The summed E-state index contributed by atoms with van der Waals surface area (Å²) in [4.78, 5) is 13.9. The lowest BCUT2D eigenvalue weighted by Crippen LogP contribution is -2.43. The van der Waals surface area contributed by atoms with Gasteiger partial charge in [0.25, 0.3) is 0 Å². The Labute approximate surface area is 120 Å². The van der Waals surface area contributed by atoms with E-state index in [1.165, 1.54) is 0 Å². The van der Waals surface area contributed by atoms with Crippen LogP contribution in [0.4, 0.5) is 5.69 Å². The van der Waals surface area contributed by atoms with Crippen LogP contribution in [0.5, 0.6) is 0 Å². The van der Waals surface area contributed by atoms with Crippen molar-refractivity contribution in [3.63, 3.8) is 0 Å². The fourth-order valence-electron chi connectivity index (χ4n) is 2.30. The van der Waals surface area contributed by atoms with Gasteiger partial charge in [-0.05, 0) is 30.9 Å². The molecule has 0 aliphatic rings. The maximum Gasteiger partial charge on any atom is 0.244 e. The highest BCUT2D eigenvalue weighted by atomic mass is 35.5. The zero-order chi connectivity index (χ0) is 14.4. The average Bonchev–Trinajstić information content (AvgIpc) is 2.44. The van der Waals surface area contributed by atoms with Crippen molar-refractivity contribution in [1.29, 1.82) is 0 Å². The average molecular weight is 284 g/mol. The summed E-state index contributed by atoms with van der Waals surface area (Å²) in [5.41, 5.74) is 3.13. The van der Waals surface area contributed by atoms with Crippen molar-refractivity contribution in [3.05, 3.63) is 29.3 Å². The topological polar surface area (TPSA) is 29.5 Å². The molecule has 0 spiro atoms. The van der Waals surface area contributed by atoms with Crippen LogP contribution in [0.2, 0.25) is 0 Å². The number of carbonyl (C=O) groups excluding carboxylic acids is 1. The van der Waals surface area contributed by atoms with Crippen LogP contribution in [0.1, 0.15) is 31.4 Å². The van der Waals surface area contributed by atoms with E-state index in [-0.39, 0.29) is 18.0 Å². The second-order valence-corrected chi connectivity index (χ2v) is 4.70. The standard InChI is InChI=1S/C15H22ClNO2/c1-5-12-9-7-8-11(3)15(12)17(13(18)10-16)14(6-2)19-4/h7-9,14H,5-6,10H2,1-4H3. The molecule has 1 rings (SSSR count). The zero-order valence-corrected chi connectivity index (χ0v) is 12.8. The number of rotatable bonds is 6. The van der Waals surface area contributed by atoms with Crippen LogP contribution in [0.25, 0.3) is 0 Å². The van der Waals surface area contributed by atoms with E-state index in [1.807, 2.05) is 32.0 Å². The van der Waals surface area contributed by atoms with Crippen molar-refractivity contribution in [2.45, 2.75) is 39.8 Å². The van der Waals surface area contributed by atoms with Gasteiger partial charge in [-0.1, -0.05) is 32.0 Å². The minimum absolute atomic E-state index is 0.0443. The van der Waals surface area contributed by atoms with Gasteiger partial charge in [0.05, 0.1) is 5.69 Å². The van der Waals surface area contributed by atoms with Gasteiger partial charge in [0.15, 0.2) is 0 Å². The van der Waals surface area contributed by atoms with Gasteiger partial charge >= 0.3 is 0 Å². The number of carbonyl (C=O) groups is 1. The normalized spacial score (nSPS) is 12.3. The minimum Gasteiger partial charge on any atom is -0.361 e. The molecule has 0 N–H and O–H groups in total. The van der Waals surface area contributed by atoms with E-state index < -0.39 is 0 Å². The van der Waals surface area contributed by atoms with E-state index >= 15 is 0 Å². The monoisotopic (exact) mass is 283 g/mol. The van der Waals surface area contributed by atoms with Gasteiger partial charge in [-0.25, -0.2) is 0 Å². The number of amides is 1. The molecule has 0 aliphatic heterocycles. The molecule has 19 heavy (non-hydrogen) atoms. The maximum absolute atomic E-state index is 12.2. The molecule has 4 heteroatoms. The summed E-state index contributed by atoms with van der Waals surface area (Å²) in [6, 6.07) is 6.05. The highest BCUT2D eigenvalue weighted by Crippen LogP contribution is 2.29. The predicted octanol–water partition coefficient (Wildman–Crippen LogP) is 3.51. The first-order valence-electron chi connectivity index (χ1n) is 6.59. The van der Waals surface area contributed by atoms with E-state index in [0.29, 0.717) is 0 Å². The summed E-state index contributed by atoms with van der Waals surface area (Å²) in [6.07, 6.45) is 1.30. The summed E-state index contributed by atoms with van der Waals surface area (Å²) >= 11 is 5.76. The molecule has 0 saturated carbocycles.